The van der Waals surface area contributed by atoms with Crippen LogP contribution in [0.3, 0.4) is 0 Å². The normalized spacial score (nSPS) is 31.5. The summed E-state index contributed by atoms with van der Waals surface area (Å²) < 4.78 is 19.3. The molecule has 0 radical (unpaired) electrons. The minimum atomic E-state index is -1.34. The zero-order valence-electron chi connectivity index (χ0n) is 20.8. The first-order valence-corrected chi connectivity index (χ1v) is 13.2. The van der Waals surface area contributed by atoms with Crippen molar-refractivity contribution in [2.24, 2.45) is 29.1 Å². The summed E-state index contributed by atoms with van der Waals surface area (Å²) in [6, 6.07) is 6.73. The first-order valence-electron chi connectivity index (χ1n) is 12.4. The Balaban J connectivity index is 1.56. The van der Waals surface area contributed by atoms with Crippen LogP contribution in [-0.2, 0) is 19.2 Å². The molecule has 1 saturated carbocycles. The van der Waals surface area contributed by atoms with Crippen molar-refractivity contribution < 1.29 is 33.4 Å². The second kappa shape index (κ2) is 8.79. The van der Waals surface area contributed by atoms with Crippen molar-refractivity contribution in [3.8, 4) is 11.5 Å². The number of rotatable bonds is 3. The maximum atomic E-state index is 14.3. The van der Waals surface area contributed by atoms with Gasteiger partial charge in [-0.25, -0.2) is 9.29 Å². The Hall–Kier alpha value is -3.43. The third-order valence-corrected chi connectivity index (χ3v) is 9.46. The number of phenolic OH excluding ortho intramolecular Hbond substituents is 1. The smallest absolute Gasteiger partial charge is 0.241 e. The van der Waals surface area contributed by atoms with E-state index in [-0.39, 0.29) is 39.6 Å². The number of fused-ring (bicyclic) bond motifs is 4. The summed E-state index contributed by atoms with van der Waals surface area (Å²) in [4.78, 5) is 54.7. The summed E-state index contributed by atoms with van der Waals surface area (Å²) in [5, 5.41) is 12.6. The lowest BCUT2D eigenvalue weighted by Crippen LogP contribution is -2.48. The van der Waals surface area contributed by atoms with E-state index in [0.717, 1.165) is 16.5 Å². The quantitative estimate of drug-likeness (QED) is 0.417. The Morgan fingerprint density at radius 2 is 1.82 bits per heavy atom. The molecule has 0 aromatic heterocycles. The predicted octanol–water partition coefficient (Wildman–Crippen LogP) is 4.37. The number of hydrogen-bond donors (Lipinski definition) is 2. The molecule has 202 valence electrons. The molecule has 0 spiro atoms. The van der Waals surface area contributed by atoms with E-state index in [1.54, 1.807) is 13.0 Å². The number of methoxy groups -OCH3 is 1. The van der Waals surface area contributed by atoms with E-state index in [9.17, 15) is 28.7 Å². The Bertz CT molecular complexity index is 1530. The number of nitrogens with zero attached hydrogens (tertiary/aromatic N) is 1. The molecule has 2 saturated heterocycles. The van der Waals surface area contributed by atoms with E-state index in [2.05, 4.69) is 5.32 Å². The maximum absolute atomic E-state index is 14.3. The number of ether oxygens (including phenoxy) is 1. The lowest BCUT2D eigenvalue weighted by atomic mass is 9.51. The molecule has 3 fully saturated rings. The van der Waals surface area contributed by atoms with E-state index in [4.69, 9.17) is 27.9 Å². The molecule has 4 aliphatic rings. The summed E-state index contributed by atoms with van der Waals surface area (Å²) in [6.45, 7) is 1.70. The first kappa shape index (κ1) is 25.8. The van der Waals surface area contributed by atoms with Gasteiger partial charge in [-0.1, -0.05) is 34.9 Å². The van der Waals surface area contributed by atoms with Gasteiger partial charge < -0.3 is 9.84 Å². The van der Waals surface area contributed by atoms with Crippen molar-refractivity contribution in [2.75, 3.05) is 12.0 Å². The number of carbonyl (C=O) groups is 4. The summed E-state index contributed by atoms with van der Waals surface area (Å²) in [6.07, 6.45) is 2.35. The van der Waals surface area contributed by atoms with Gasteiger partial charge in [0.1, 0.15) is 5.82 Å². The van der Waals surface area contributed by atoms with Crippen molar-refractivity contribution in [3.05, 3.63) is 63.4 Å². The minimum absolute atomic E-state index is 0.00589. The van der Waals surface area contributed by atoms with Crippen LogP contribution in [0, 0.1) is 34.9 Å². The number of carbonyl (C=O) groups excluding carboxylic acids is 4. The number of aromatic hydroxyl groups is 1. The summed E-state index contributed by atoms with van der Waals surface area (Å²) >= 11 is 12.4. The Morgan fingerprint density at radius 3 is 2.51 bits per heavy atom. The van der Waals surface area contributed by atoms with Gasteiger partial charge in [0.15, 0.2) is 11.5 Å². The maximum Gasteiger partial charge on any atom is 0.241 e. The fraction of sp³-hybridized carbons (Fsp3) is 0.357. The van der Waals surface area contributed by atoms with Gasteiger partial charge in [-0.3, -0.25) is 24.5 Å². The summed E-state index contributed by atoms with van der Waals surface area (Å²) in [7, 11) is 1.37. The summed E-state index contributed by atoms with van der Waals surface area (Å²) in [5.41, 5.74) is 0.0678. The number of allylic oxidation sites excluding steroid dienone is 2. The molecule has 11 heteroatoms. The van der Waals surface area contributed by atoms with Crippen molar-refractivity contribution >= 4 is 52.5 Å². The third-order valence-electron chi connectivity index (χ3n) is 8.88. The average Bonchev–Trinajstić information content (AvgIpc) is 3.30. The number of halogens is 3. The minimum Gasteiger partial charge on any atom is -0.503 e. The Morgan fingerprint density at radius 1 is 1.08 bits per heavy atom. The van der Waals surface area contributed by atoms with Crippen LogP contribution in [0.25, 0.3) is 0 Å². The Labute approximate surface area is 232 Å². The van der Waals surface area contributed by atoms with Crippen molar-refractivity contribution in [1.82, 2.24) is 5.32 Å². The lowest BCUT2D eigenvalue weighted by molar-refractivity contribution is -0.131. The monoisotopic (exact) mass is 572 g/mol. The van der Waals surface area contributed by atoms with Gasteiger partial charge >= 0.3 is 0 Å². The molecule has 4 amide bonds. The van der Waals surface area contributed by atoms with Gasteiger partial charge in [0.25, 0.3) is 0 Å². The number of hydrogen-bond acceptors (Lipinski definition) is 6. The second-order valence-electron chi connectivity index (χ2n) is 10.7. The van der Waals surface area contributed by atoms with Crippen LogP contribution in [0.15, 0.2) is 42.0 Å². The van der Waals surface area contributed by atoms with Gasteiger partial charge in [-0.2, -0.15) is 0 Å². The number of nitrogens with one attached hydrogen (secondary N) is 1. The topological polar surface area (TPSA) is 113 Å². The van der Waals surface area contributed by atoms with Gasteiger partial charge in [0.2, 0.25) is 23.6 Å². The molecule has 6 unspecified atom stereocenters. The fourth-order valence-corrected chi connectivity index (χ4v) is 7.49. The van der Waals surface area contributed by atoms with Crippen molar-refractivity contribution in [3.63, 3.8) is 0 Å². The second-order valence-corrected chi connectivity index (χ2v) is 11.5. The molecule has 8 nitrogen and oxygen atoms in total. The molecular weight excluding hydrogens is 550 g/mol. The van der Waals surface area contributed by atoms with E-state index >= 15 is 0 Å². The standard InChI is InChI=1S/C28H23Cl2FN2O6/c1-28-16(26(37)33(27(28)38)12-3-6-19(31)17(29)9-12)10-15-13(4-5-14-21(15)25(36)32-24(14)35)22(28)11-7-18(30)23(34)20(8-11)39-2/h3-4,6-9,14-16,21-22,34H,5,10H2,1-2H3,(H,32,35,36). The molecule has 0 bridgehead atoms. The highest BCUT2D eigenvalue weighted by atomic mass is 35.5. The van der Waals surface area contributed by atoms with E-state index in [1.807, 2.05) is 6.08 Å². The molecule has 39 heavy (non-hydrogen) atoms. The highest BCUT2D eigenvalue weighted by Crippen LogP contribution is 2.63. The highest BCUT2D eigenvalue weighted by molar-refractivity contribution is 6.32. The van der Waals surface area contributed by atoms with E-state index < -0.39 is 58.5 Å². The molecule has 2 aliphatic carbocycles. The molecule has 2 aliphatic heterocycles. The average molecular weight is 573 g/mol. The molecule has 2 aromatic rings. The molecule has 2 heterocycles. The molecule has 6 rings (SSSR count). The van der Waals surface area contributed by atoms with Gasteiger partial charge in [0, 0.05) is 5.92 Å². The molecule has 2 N–H and O–H groups in total. The SMILES string of the molecule is COc1cc(C2C3=CCC4C(=O)NC(=O)C4C3CC3C(=O)N(c4ccc(F)c(Cl)c4)C(=O)C32C)cc(Cl)c1O. The van der Waals surface area contributed by atoms with Crippen LogP contribution in [0.1, 0.15) is 31.2 Å². The molecule has 2 aromatic carbocycles. The fourth-order valence-electron chi connectivity index (χ4n) is 7.09. The van der Waals surface area contributed by atoms with E-state index in [1.165, 1.54) is 25.3 Å². The zero-order valence-corrected chi connectivity index (χ0v) is 22.3. The van der Waals surface area contributed by atoms with Crippen LogP contribution < -0.4 is 15.0 Å². The van der Waals surface area contributed by atoms with Gasteiger partial charge in [-0.05, 0) is 61.6 Å². The third kappa shape index (κ3) is 3.49. The number of amides is 4. The number of anilines is 1. The van der Waals surface area contributed by atoms with Crippen LogP contribution in [0.5, 0.6) is 11.5 Å². The molecule has 6 atom stereocenters. The largest absolute Gasteiger partial charge is 0.503 e. The van der Waals surface area contributed by atoms with Gasteiger partial charge in [-0.15, -0.1) is 0 Å². The predicted molar refractivity (Wildman–Crippen MR) is 139 cm³/mol. The van der Waals surface area contributed by atoms with Gasteiger partial charge in [0.05, 0.1) is 46.0 Å². The van der Waals surface area contributed by atoms with Crippen molar-refractivity contribution in [1.29, 1.82) is 0 Å². The first-order chi connectivity index (χ1) is 18.5. The summed E-state index contributed by atoms with van der Waals surface area (Å²) in [5.74, 6) is -6.00. The zero-order chi connectivity index (χ0) is 28.0. The van der Waals surface area contributed by atoms with E-state index in [0.29, 0.717) is 12.0 Å². The number of phenols is 1. The lowest BCUT2D eigenvalue weighted by Gasteiger charge is -2.49. The number of benzene rings is 2. The molecular formula is C28H23Cl2FN2O6. The van der Waals surface area contributed by atoms with Crippen molar-refractivity contribution in [2.45, 2.75) is 25.7 Å². The van der Waals surface area contributed by atoms with Crippen LogP contribution in [0.4, 0.5) is 10.1 Å². The number of imide groups is 2. The van der Waals surface area contributed by atoms with Crippen LogP contribution in [0.2, 0.25) is 10.0 Å². The Kier molecular flexibility index (Phi) is 5.82. The highest BCUT2D eigenvalue weighted by Gasteiger charge is 2.67. The van der Waals surface area contributed by atoms with Crippen LogP contribution in [-0.4, -0.2) is 35.8 Å². The van der Waals surface area contributed by atoms with Crippen LogP contribution >= 0.6 is 23.2 Å².